The molecule has 0 radical (unpaired) electrons. The van der Waals surface area contributed by atoms with Crippen LogP contribution in [-0.2, 0) is 32.6 Å². The molecule has 0 spiro atoms. The highest BCUT2D eigenvalue weighted by atomic mass is 32.2. The molecule has 2 aromatic carbocycles. The van der Waals surface area contributed by atoms with Gasteiger partial charge in [0.15, 0.2) is 0 Å². The van der Waals surface area contributed by atoms with Crippen molar-refractivity contribution in [3.8, 4) is 0 Å². The van der Waals surface area contributed by atoms with Crippen molar-refractivity contribution in [2.45, 2.75) is 28.6 Å². The first kappa shape index (κ1) is 21.2. The predicted molar refractivity (Wildman–Crippen MR) is 95.3 cm³/mol. The van der Waals surface area contributed by atoms with Gasteiger partial charge in [-0.3, -0.25) is 0 Å². The monoisotopic (exact) mass is 450 g/mol. The van der Waals surface area contributed by atoms with Gasteiger partial charge in [-0.05, 0) is 17.7 Å². The Morgan fingerprint density at radius 2 is 1.79 bits per heavy atom. The van der Waals surface area contributed by atoms with E-state index in [1.165, 1.54) is 0 Å². The van der Waals surface area contributed by atoms with Gasteiger partial charge in [-0.25, -0.2) is 27.0 Å². The number of nitrogens with zero attached hydrogens (tertiary/aromatic N) is 2. The van der Waals surface area contributed by atoms with Crippen LogP contribution in [0.2, 0.25) is 0 Å². The second-order valence-electron chi connectivity index (χ2n) is 6.11. The number of alkyl halides is 3. The van der Waals surface area contributed by atoms with Crippen molar-refractivity contribution in [3.05, 3.63) is 58.5 Å². The van der Waals surface area contributed by atoms with Crippen LogP contribution in [0.1, 0.15) is 11.1 Å². The van der Waals surface area contributed by atoms with Gasteiger partial charge in [-0.15, -0.1) is 4.91 Å². The van der Waals surface area contributed by atoms with Crippen LogP contribution < -0.4 is 14.9 Å². The molecule has 1 aliphatic heterocycles. The van der Waals surface area contributed by atoms with Crippen LogP contribution in [0.15, 0.2) is 57.5 Å². The molecule has 0 amide bonds. The number of nitrogens with two attached hydrogens (primary N) is 1. The second kappa shape index (κ2) is 7.05. The summed E-state index contributed by atoms with van der Waals surface area (Å²) in [4.78, 5) is 9.10. The number of fused-ring (bicyclic) bond motifs is 1. The molecular formula is C15H13F3N4O5S2. The number of primary sulfonamides is 1. The van der Waals surface area contributed by atoms with Crippen molar-refractivity contribution >= 4 is 25.7 Å². The minimum absolute atomic E-state index is 0.0937. The maximum Gasteiger partial charge on any atom is 0.417 e. The van der Waals surface area contributed by atoms with E-state index in [4.69, 9.17) is 5.14 Å². The van der Waals surface area contributed by atoms with E-state index in [9.17, 15) is 34.9 Å². The largest absolute Gasteiger partial charge is 0.417 e. The lowest BCUT2D eigenvalue weighted by molar-refractivity contribution is -0.139. The number of sulfonamides is 2. The number of hydrogen-bond acceptors (Lipinski definition) is 6. The Morgan fingerprint density at radius 3 is 2.31 bits per heavy atom. The summed E-state index contributed by atoms with van der Waals surface area (Å²) in [6.07, 6.45) is -6.60. The van der Waals surface area contributed by atoms with E-state index >= 15 is 0 Å². The summed E-state index contributed by atoms with van der Waals surface area (Å²) in [5.41, 5.74) is -1.84. The molecule has 1 heterocycles. The lowest BCUT2D eigenvalue weighted by atomic mass is 10.1. The van der Waals surface area contributed by atoms with Crippen molar-refractivity contribution in [2.75, 3.05) is 5.01 Å². The van der Waals surface area contributed by atoms with Crippen LogP contribution in [0.5, 0.6) is 0 Å². The molecule has 29 heavy (non-hydrogen) atoms. The Kier molecular flexibility index (Phi) is 5.15. The number of anilines is 1. The fraction of sp³-hybridized carbons (Fsp3) is 0.200. The van der Waals surface area contributed by atoms with Gasteiger partial charge in [0, 0.05) is 6.42 Å². The summed E-state index contributed by atoms with van der Waals surface area (Å²) in [6, 6.07) is 8.76. The molecule has 3 N–H and O–H groups in total. The first-order chi connectivity index (χ1) is 13.3. The number of nitroso groups, excluding NO2 is 1. The molecule has 156 valence electrons. The summed E-state index contributed by atoms with van der Waals surface area (Å²) in [7, 11) is -9.40. The summed E-state index contributed by atoms with van der Waals surface area (Å²) < 4.78 is 90.7. The molecule has 0 saturated heterocycles. The highest BCUT2D eigenvalue weighted by molar-refractivity contribution is 7.90. The van der Waals surface area contributed by atoms with Crippen LogP contribution in [0.25, 0.3) is 0 Å². The first-order valence-electron chi connectivity index (χ1n) is 7.81. The third-order valence-electron chi connectivity index (χ3n) is 4.16. The van der Waals surface area contributed by atoms with Gasteiger partial charge in [-0.1, -0.05) is 30.3 Å². The quantitative estimate of drug-likeness (QED) is 0.680. The topological polar surface area (TPSA) is 139 Å². The van der Waals surface area contributed by atoms with E-state index < -0.39 is 53.4 Å². The maximum atomic E-state index is 13.4. The molecule has 14 heteroatoms. The van der Waals surface area contributed by atoms with Gasteiger partial charge >= 0.3 is 6.18 Å². The van der Waals surface area contributed by atoms with E-state index in [0.29, 0.717) is 10.6 Å². The van der Waals surface area contributed by atoms with Gasteiger partial charge in [0.05, 0.1) is 21.4 Å². The highest BCUT2D eigenvalue weighted by Crippen LogP contribution is 2.41. The van der Waals surface area contributed by atoms with Crippen LogP contribution in [0, 0.1) is 4.91 Å². The van der Waals surface area contributed by atoms with Crippen molar-refractivity contribution in [1.82, 2.24) is 4.72 Å². The molecule has 0 aliphatic carbocycles. The van der Waals surface area contributed by atoms with E-state index in [1.54, 1.807) is 30.3 Å². The first-order valence-corrected chi connectivity index (χ1v) is 10.8. The fourth-order valence-corrected chi connectivity index (χ4v) is 5.13. The number of hydrogen-bond donors (Lipinski definition) is 2. The van der Waals surface area contributed by atoms with Crippen LogP contribution >= 0.6 is 0 Å². The molecule has 0 fully saturated rings. The molecule has 1 atom stereocenters. The molecular weight excluding hydrogens is 437 g/mol. The normalized spacial score (nSPS) is 18.9. The van der Waals surface area contributed by atoms with E-state index in [0.717, 1.165) is 0 Å². The van der Waals surface area contributed by atoms with Crippen molar-refractivity contribution in [2.24, 2.45) is 10.4 Å². The Labute approximate surface area is 163 Å². The molecule has 1 aliphatic rings. The molecule has 3 rings (SSSR count). The van der Waals surface area contributed by atoms with Gasteiger partial charge in [0.1, 0.15) is 11.1 Å². The lowest BCUT2D eigenvalue weighted by Crippen LogP contribution is -2.51. The molecule has 0 bridgehead atoms. The Bertz CT molecular complexity index is 1170. The standard InChI is InChI=1S/C15H13F3N4O5S2/c16-15(17,18)10-7-11-13(8-12(10)28(19,24)25)29(26,27)20-14(22(11)21-23)6-9-4-2-1-3-5-9/h1-5,7-8,14,20H,6H2,(H2,19,24,25). The third kappa shape index (κ3) is 4.10. The van der Waals surface area contributed by atoms with Gasteiger partial charge < -0.3 is 0 Å². The smallest absolute Gasteiger partial charge is 0.225 e. The SMILES string of the molecule is NS(=O)(=O)c1cc2c(cc1C(F)(F)F)N(N=O)C(Cc1ccccc1)NS2(=O)=O. The summed E-state index contributed by atoms with van der Waals surface area (Å²) in [5.74, 6) is 0. The minimum atomic E-state index is -5.19. The van der Waals surface area contributed by atoms with Gasteiger partial charge in [-0.2, -0.15) is 17.9 Å². The maximum absolute atomic E-state index is 13.4. The van der Waals surface area contributed by atoms with Crippen LogP contribution in [0.4, 0.5) is 18.9 Å². The number of halogens is 3. The molecule has 0 saturated carbocycles. The number of rotatable bonds is 4. The van der Waals surface area contributed by atoms with Crippen LogP contribution in [0.3, 0.4) is 0 Å². The van der Waals surface area contributed by atoms with E-state index in [1.807, 2.05) is 0 Å². The second-order valence-corrected chi connectivity index (χ2v) is 9.32. The zero-order chi connectivity index (χ0) is 21.6. The summed E-state index contributed by atoms with van der Waals surface area (Å²) >= 11 is 0. The molecule has 1 unspecified atom stereocenters. The summed E-state index contributed by atoms with van der Waals surface area (Å²) in [6.45, 7) is 0. The molecule has 0 aromatic heterocycles. The Morgan fingerprint density at radius 1 is 1.17 bits per heavy atom. The predicted octanol–water partition coefficient (Wildman–Crippen LogP) is 1.70. The van der Waals surface area contributed by atoms with E-state index in [-0.39, 0.29) is 18.6 Å². The Hall–Kier alpha value is -2.55. The minimum Gasteiger partial charge on any atom is -0.225 e. The highest BCUT2D eigenvalue weighted by Gasteiger charge is 2.43. The fourth-order valence-electron chi connectivity index (χ4n) is 2.93. The van der Waals surface area contributed by atoms with E-state index in [2.05, 4.69) is 10.0 Å². The van der Waals surface area contributed by atoms with Crippen LogP contribution in [-0.4, -0.2) is 23.0 Å². The zero-order valence-corrected chi connectivity index (χ0v) is 15.9. The summed E-state index contributed by atoms with van der Waals surface area (Å²) in [5, 5.41) is 8.01. The van der Waals surface area contributed by atoms with Gasteiger partial charge in [0.2, 0.25) is 20.0 Å². The lowest BCUT2D eigenvalue weighted by Gasteiger charge is -2.33. The Balaban J connectivity index is 2.23. The third-order valence-corrected chi connectivity index (χ3v) is 6.59. The van der Waals surface area contributed by atoms with Crippen molar-refractivity contribution < 1.29 is 30.0 Å². The number of nitrogens with one attached hydrogen (secondary N) is 1. The van der Waals surface area contributed by atoms with Crippen molar-refractivity contribution in [1.29, 1.82) is 0 Å². The average Bonchev–Trinajstić information content (AvgIpc) is 2.60. The van der Waals surface area contributed by atoms with Crippen molar-refractivity contribution in [3.63, 3.8) is 0 Å². The van der Waals surface area contributed by atoms with Gasteiger partial charge in [0.25, 0.3) is 0 Å². The average molecular weight is 450 g/mol. The number of benzene rings is 2. The molecule has 2 aromatic rings. The zero-order valence-electron chi connectivity index (χ0n) is 14.3. The molecule has 9 nitrogen and oxygen atoms in total.